The van der Waals surface area contributed by atoms with Crippen molar-refractivity contribution in [1.29, 1.82) is 0 Å². The second-order valence-electron chi connectivity index (χ2n) is 5.50. The van der Waals surface area contributed by atoms with E-state index in [9.17, 15) is 4.79 Å². The second kappa shape index (κ2) is 6.55. The molecule has 0 aromatic heterocycles. The first kappa shape index (κ1) is 15.3. The van der Waals surface area contributed by atoms with Crippen molar-refractivity contribution in [3.63, 3.8) is 0 Å². The van der Waals surface area contributed by atoms with Crippen molar-refractivity contribution in [3.05, 3.63) is 28.8 Å². The van der Waals surface area contributed by atoms with Gasteiger partial charge in [0, 0.05) is 16.5 Å². The number of thiocarbonyl (C=S) groups is 1. The Hall–Kier alpha value is -1.13. The van der Waals surface area contributed by atoms with Gasteiger partial charge in [-0.1, -0.05) is 30.7 Å². The third-order valence-corrected chi connectivity index (χ3v) is 4.35. The molecule has 1 amide bonds. The van der Waals surface area contributed by atoms with Gasteiger partial charge in [-0.2, -0.15) is 0 Å². The van der Waals surface area contributed by atoms with Crippen LogP contribution in [0.2, 0.25) is 5.02 Å². The fraction of sp³-hybridized carbons (Fsp3) is 0.467. The van der Waals surface area contributed by atoms with Crippen LogP contribution in [0.15, 0.2) is 18.2 Å². The van der Waals surface area contributed by atoms with Crippen LogP contribution in [0, 0.1) is 11.8 Å². The smallest absolute Gasteiger partial charge is 0.227 e. The summed E-state index contributed by atoms with van der Waals surface area (Å²) < 4.78 is 0. The van der Waals surface area contributed by atoms with Crippen LogP contribution in [0.1, 0.15) is 38.2 Å². The molecule has 3 N–H and O–H groups in total. The van der Waals surface area contributed by atoms with Crippen LogP contribution in [-0.4, -0.2) is 10.9 Å². The summed E-state index contributed by atoms with van der Waals surface area (Å²) in [5.41, 5.74) is 6.93. The zero-order valence-corrected chi connectivity index (χ0v) is 13.1. The molecule has 0 heterocycles. The molecule has 0 unspecified atom stereocenters. The molecule has 2 rings (SSSR count). The number of anilines is 1. The summed E-state index contributed by atoms with van der Waals surface area (Å²) in [4.78, 5) is 12.6. The van der Waals surface area contributed by atoms with E-state index >= 15 is 0 Å². The van der Waals surface area contributed by atoms with Gasteiger partial charge in [-0.05, 0) is 49.8 Å². The molecule has 3 nitrogen and oxygen atoms in total. The molecule has 0 atom stereocenters. The van der Waals surface area contributed by atoms with Crippen LogP contribution in [-0.2, 0) is 4.79 Å². The number of hydrogen-bond donors (Lipinski definition) is 2. The summed E-state index contributed by atoms with van der Waals surface area (Å²) in [7, 11) is 0. The monoisotopic (exact) mass is 310 g/mol. The van der Waals surface area contributed by atoms with E-state index in [1.54, 1.807) is 18.2 Å². The highest BCUT2D eigenvalue weighted by molar-refractivity contribution is 7.80. The minimum Gasteiger partial charge on any atom is -0.389 e. The molecule has 0 spiro atoms. The van der Waals surface area contributed by atoms with Gasteiger partial charge in [0.1, 0.15) is 4.99 Å². The average Bonchev–Trinajstić information content (AvgIpc) is 2.39. The van der Waals surface area contributed by atoms with Crippen LogP contribution in [0.5, 0.6) is 0 Å². The Bertz CT molecular complexity index is 525. The van der Waals surface area contributed by atoms with Gasteiger partial charge in [0.2, 0.25) is 5.91 Å². The fourth-order valence-corrected chi connectivity index (χ4v) is 2.94. The van der Waals surface area contributed by atoms with Gasteiger partial charge in [0.05, 0.1) is 5.69 Å². The highest BCUT2D eigenvalue weighted by atomic mass is 35.5. The van der Waals surface area contributed by atoms with Gasteiger partial charge in [0.25, 0.3) is 0 Å². The van der Waals surface area contributed by atoms with E-state index < -0.39 is 0 Å². The van der Waals surface area contributed by atoms with Crippen molar-refractivity contribution in [3.8, 4) is 0 Å². The number of rotatable bonds is 3. The number of nitrogens with two attached hydrogens (primary N) is 1. The minimum absolute atomic E-state index is 0.0386. The predicted molar refractivity (Wildman–Crippen MR) is 87.1 cm³/mol. The summed E-state index contributed by atoms with van der Waals surface area (Å²) in [6, 6.07) is 5.15. The molecule has 0 aliphatic heterocycles. The van der Waals surface area contributed by atoms with Crippen LogP contribution in [0.4, 0.5) is 5.69 Å². The molecule has 1 aromatic rings. The maximum atomic E-state index is 12.3. The molecule has 108 valence electrons. The van der Waals surface area contributed by atoms with Crippen molar-refractivity contribution in [2.75, 3.05) is 5.32 Å². The summed E-state index contributed by atoms with van der Waals surface area (Å²) in [5.74, 6) is 0.832. The number of hydrogen-bond acceptors (Lipinski definition) is 2. The standard InChI is InChI=1S/C15H19ClN2OS/c1-9-2-4-10(5-3-9)15(19)18-13-8-11(16)6-7-12(13)14(17)20/h6-10H,2-5H2,1H3,(H2,17,20)(H,18,19). The van der Waals surface area contributed by atoms with Crippen molar-refractivity contribution in [2.24, 2.45) is 17.6 Å². The van der Waals surface area contributed by atoms with Crippen molar-refractivity contribution in [2.45, 2.75) is 32.6 Å². The Labute approximate surface area is 129 Å². The molecule has 1 aliphatic rings. The quantitative estimate of drug-likeness (QED) is 0.836. The number of amides is 1. The molecule has 5 heteroatoms. The van der Waals surface area contributed by atoms with Crippen molar-refractivity contribution >= 4 is 40.4 Å². The summed E-state index contributed by atoms with van der Waals surface area (Å²) >= 11 is 11.0. The number of carbonyl (C=O) groups is 1. The third kappa shape index (κ3) is 3.70. The van der Waals surface area contributed by atoms with E-state index in [4.69, 9.17) is 29.6 Å². The lowest BCUT2D eigenvalue weighted by molar-refractivity contribution is -0.121. The van der Waals surface area contributed by atoms with Gasteiger partial charge < -0.3 is 11.1 Å². The first-order chi connectivity index (χ1) is 9.47. The predicted octanol–water partition coefficient (Wildman–Crippen LogP) is 3.74. The lowest BCUT2D eigenvalue weighted by Gasteiger charge is -2.25. The third-order valence-electron chi connectivity index (χ3n) is 3.89. The van der Waals surface area contributed by atoms with E-state index in [1.807, 2.05) is 0 Å². The highest BCUT2D eigenvalue weighted by Gasteiger charge is 2.24. The average molecular weight is 311 g/mol. The molecule has 1 saturated carbocycles. The molecule has 0 radical (unpaired) electrons. The van der Waals surface area contributed by atoms with Gasteiger partial charge >= 0.3 is 0 Å². The van der Waals surface area contributed by atoms with Gasteiger partial charge in [-0.25, -0.2) is 0 Å². The molecule has 20 heavy (non-hydrogen) atoms. The van der Waals surface area contributed by atoms with E-state index in [-0.39, 0.29) is 16.8 Å². The maximum absolute atomic E-state index is 12.3. The minimum atomic E-state index is 0.0386. The van der Waals surface area contributed by atoms with E-state index in [0.29, 0.717) is 16.3 Å². The van der Waals surface area contributed by atoms with Crippen molar-refractivity contribution in [1.82, 2.24) is 0 Å². The summed E-state index contributed by atoms with van der Waals surface area (Å²) in [6.45, 7) is 2.23. The molecule has 0 bridgehead atoms. The molecular formula is C15H19ClN2OS. The molecule has 1 fully saturated rings. The lowest BCUT2D eigenvalue weighted by Crippen LogP contribution is -2.27. The number of halogens is 1. The van der Waals surface area contributed by atoms with Gasteiger partial charge in [0.15, 0.2) is 0 Å². The van der Waals surface area contributed by atoms with Crippen LogP contribution >= 0.6 is 23.8 Å². The normalized spacial score (nSPS) is 22.3. The Morgan fingerprint density at radius 1 is 1.35 bits per heavy atom. The first-order valence-electron chi connectivity index (χ1n) is 6.87. The zero-order chi connectivity index (χ0) is 14.7. The van der Waals surface area contributed by atoms with Crippen LogP contribution < -0.4 is 11.1 Å². The largest absolute Gasteiger partial charge is 0.389 e. The van der Waals surface area contributed by atoms with E-state index in [1.165, 1.54) is 0 Å². The Kier molecular flexibility index (Phi) is 5.00. The summed E-state index contributed by atoms with van der Waals surface area (Å²) in [5, 5.41) is 3.48. The number of nitrogens with one attached hydrogen (secondary N) is 1. The molecule has 0 saturated heterocycles. The fourth-order valence-electron chi connectivity index (χ4n) is 2.59. The Balaban J connectivity index is 2.11. The molecule has 1 aliphatic carbocycles. The second-order valence-corrected chi connectivity index (χ2v) is 6.38. The van der Waals surface area contributed by atoms with Crippen LogP contribution in [0.3, 0.4) is 0 Å². The van der Waals surface area contributed by atoms with Gasteiger partial charge in [-0.15, -0.1) is 0 Å². The first-order valence-corrected chi connectivity index (χ1v) is 7.66. The maximum Gasteiger partial charge on any atom is 0.227 e. The number of carbonyl (C=O) groups excluding carboxylic acids is 1. The SMILES string of the molecule is CC1CCC(C(=O)Nc2cc(Cl)ccc2C(N)=S)CC1. The van der Waals surface area contributed by atoms with Gasteiger partial charge in [-0.3, -0.25) is 4.79 Å². The number of benzene rings is 1. The molecular weight excluding hydrogens is 292 g/mol. The topological polar surface area (TPSA) is 55.1 Å². The van der Waals surface area contributed by atoms with E-state index in [0.717, 1.165) is 31.6 Å². The Morgan fingerprint density at radius 3 is 2.60 bits per heavy atom. The van der Waals surface area contributed by atoms with Crippen LogP contribution in [0.25, 0.3) is 0 Å². The Morgan fingerprint density at radius 2 is 2.00 bits per heavy atom. The molecule has 1 aromatic carbocycles. The van der Waals surface area contributed by atoms with Crippen molar-refractivity contribution < 1.29 is 4.79 Å². The summed E-state index contributed by atoms with van der Waals surface area (Å²) in [6.07, 6.45) is 4.09. The lowest BCUT2D eigenvalue weighted by atomic mass is 9.82. The van der Waals surface area contributed by atoms with E-state index in [2.05, 4.69) is 12.2 Å². The zero-order valence-electron chi connectivity index (χ0n) is 11.5. The highest BCUT2D eigenvalue weighted by Crippen LogP contribution is 2.30.